The molecular formula is C28H36N4O3. The summed E-state index contributed by atoms with van der Waals surface area (Å²) in [5, 5.41) is 5.98. The van der Waals surface area contributed by atoms with Crippen LogP contribution < -0.4 is 19.5 Å². The van der Waals surface area contributed by atoms with Crippen molar-refractivity contribution in [1.82, 2.24) is 19.8 Å². The molecule has 0 spiro atoms. The molecule has 7 nitrogen and oxygen atoms in total. The van der Waals surface area contributed by atoms with E-state index < -0.39 is 0 Å². The van der Waals surface area contributed by atoms with Crippen LogP contribution >= 0.6 is 0 Å². The first-order chi connectivity index (χ1) is 17.1. The lowest BCUT2D eigenvalue weighted by Gasteiger charge is -2.18. The van der Waals surface area contributed by atoms with E-state index in [0.29, 0.717) is 23.8 Å². The largest absolute Gasteiger partial charge is 0.493 e. The molecule has 2 aromatic heterocycles. The zero-order chi connectivity index (χ0) is 24.9. The molecule has 0 bridgehead atoms. The van der Waals surface area contributed by atoms with E-state index in [9.17, 15) is 0 Å². The molecule has 0 radical (unpaired) electrons. The Morgan fingerprint density at radius 1 is 0.914 bits per heavy atom. The fourth-order valence-corrected chi connectivity index (χ4v) is 4.75. The van der Waals surface area contributed by atoms with Gasteiger partial charge < -0.3 is 29.0 Å². The Kier molecular flexibility index (Phi) is 7.78. The van der Waals surface area contributed by atoms with Crippen molar-refractivity contribution in [2.24, 2.45) is 7.05 Å². The van der Waals surface area contributed by atoms with Crippen LogP contribution in [-0.2, 0) is 13.6 Å². The predicted octanol–water partition coefficient (Wildman–Crippen LogP) is 4.85. The lowest BCUT2D eigenvalue weighted by molar-refractivity contribution is 0.302. The first-order valence-electron chi connectivity index (χ1n) is 12.2. The number of methoxy groups -OCH3 is 3. The predicted molar refractivity (Wildman–Crippen MR) is 143 cm³/mol. The number of aryl methyl sites for hydroxylation is 1. The van der Waals surface area contributed by atoms with E-state index >= 15 is 0 Å². The number of hydrogen-bond acceptors (Lipinski definition) is 6. The van der Waals surface area contributed by atoms with Crippen molar-refractivity contribution in [3.8, 4) is 28.5 Å². The Hall–Kier alpha value is -3.29. The van der Waals surface area contributed by atoms with Gasteiger partial charge in [0.05, 0.1) is 38.2 Å². The summed E-state index contributed by atoms with van der Waals surface area (Å²) in [5.74, 6) is 1.79. The van der Waals surface area contributed by atoms with Crippen LogP contribution in [0.3, 0.4) is 0 Å². The van der Waals surface area contributed by atoms with E-state index in [1.807, 2.05) is 12.1 Å². The number of benzene rings is 2. The Balaban J connectivity index is 1.84. The molecule has 0 fully saturated rings. The number of nitrogens with zero attached hydrogens (tertiary/aromatic N) is 3. The van der Waals surface area contributed by atoms with Crippen LogP contribution in [0.4, 0.5) is 0 Å². The second kappa shape index (κ2) is 11.0. The monoisotopic (exact) mass is 476 g/mol. The molecule has 2 aromatic carbocycles. The maximum atomic E-state index is 5.64. The number of nitrogens with one attached hydrogen (secondary N) is 1. The number of pyridine rings is 1. The van der Waals surface area contributed by atoms with Crippen LogP contribution in [0.15, 0.2) is 42.5 Å². The van der Waals surface area contributed by atoms with Crippen LogP contribution in [0.25, 0.3) is 33.1 Å². The maximum absolute atomic E-state index is 5.64. The summed E-state index contributed by atoms with van der Waals surface area (Å²) < 4.78 is 19.0. The van der Waals surface area contributed by atoms with Crippen molar-refractivity contribution < 1.29 is 14.2 Å². The topological polar surface area (TPSA) is 60.8 Å². The quantitative estimate of drug-likeness (QED) is 0.312. The average Bonchev–Trinajstić information content (AvgIpc) is 3.19. The van der Waals surface area contributed by atoms with Gasteiger partial charge in [0, 0.05) is 48.5 Å². The summed E-state index contributed by atoms with van der Waals surface area (Å²) >= 11 is 0. The van der Waals surface area contributed by atoms with Crippen LogP contribution in [0.2, 0.25) is 0 Å². The van der Waals surface area contributed by atoms with Crippen molar-refractivity contribution in [1.29, 1.82) is 0 Å². The molecule has 35 heavy (non-hydrogen) atoms. The van der Waals surface area contributed by atoms with E-state index in [-0.39, 0.29) is 0 Å². The molecule has 0 saturated carbocycles. The normalized spacial score (nSPS) is 11.5. The first kappa shape index (κ1) is 24.8. The van der Waals surface area contributed by atoms with Crippen LogP contribution in [-0.4, -0.2) is 62.0 Å². The van der Waals surface area contributed by atoms with Gasteiger partial charge in [0.25, 0.3) is 0 Å². The molecule has 0 aliphatic heterocycles. The molecule has 0 amide bonds. The van der Waals surface area contributed by atoms with Gasteiger partial charge in [0.1, 0.15) is 0 Å². The average molecular weight is 477 g/mol. The van der Waals surface area contributed by atoms with Gasteiger partial charge in [0.2, 0.25) is 5.75 Å². The van der Waals surface area contributed by atoms with Crippen LogP contribution in [0.1, 0.15) is 19.5 Å². The number of fused-ring (bicyclic) bond motifs is 3. The van der Waals surface area contributed by atoms with Gasteiger partial charge in [0.15, 0.2) is 11.5 Å². The molecule has 0 aliphatic rings. The molecule has 7 heteroatoms. The van der Waals surface area contributed by atoms with Gasteiger partial charge in [-0.15, -0.1) is 0 Å². The summed E-state index contributed by atoms with van der Waals surface area (Å²) in [7, 11) is 6.98. The molecule has 0 aliphatic carbocycles. The van der Waals surface area contributed by atoms with Crippen molar-refractivity contribution in [2.75, 3.05) is 47.5 Å². The number of rotatable bonds is 11. The van der Waals surface area contributed by atoms with Crippen LogP contribution in [0, 0.1) is 0 Å². The van der Waals surface area contributed by atoms with Gasteiger partial charge in [-0.05, 0) is 37.4 Å². The minimum atomic E-state index is 0.571. The first-order valence-corrected chi connectivity index (χ1v) is 12.2. The third-order valence-corrected chi connectivity index (χ3v) is 6.68. The Bertz CT molecular complexity index is 1290. The second-order valence-electron chi connectivity index (χ2n) is 8.55. The molecule has 4 aromatic rings. The van der Waals surface area contributed by atoms with E-state index in [1.165, 1.54) is 16.3 Å². The van der Waals surface area contributed by atoms with Crippen molar-refractivity contribution in [3.63, 3.8) is 0 Å². The van der Waals surface area contributed by atoms with Gasteiger partial charge in [-0.3, -0.25) is 0 Å². The number of ether oxygens (including phenoxy) is 3. The number of aromatic nitrogens is 2. The Morgan fingerprint density at radius 3 is 2.23 bits per heavy atom. The highest BCUT2D eigenvalue weighted by Gasteiger charge is 2.20. The molecule has 2 heterocycles. The zero-order valence-electron chi connectivity index (χ0n) is 21.6. The van der Waals surface area contributed by atoms with E-state index in [2.05, 4.69) is 66.0 Å². The van der Waals surface area contributed by atoms with Crippen molar-refractivity contribution in [3.05, 3.63) is 48.2 Å². The van der Waals surface area contributed by atoms with Gasteiger partial charge >= 0.3 is 0 Å². The minimum Gasteiger partial charge on any atom is -0.493 e. The molecule has 1 N–H and O–H groups in total. The minimum absolute atomic E-state index is 0.571. The van der Waals surface area contributed by atoms with Crippen molar-refractivity contribution in [2.45, 2.75) is 20.4 Å². The van der Waals surface area contributed by atoms with Gasteiger partial charge in [-0.1, -0.05) is 32.0 Å². The highest BCUT2D eigenvalue weighted by Crippen LogP contribution is 2.43. The molecular weight excluding hydrogens is 440 g/mol. The lowest BCUT2D eigenvalue weighted by atomic mass is 10.0. The molecule has 4 rings (SSSR count). The summed E-state index contributed by atoms with van der Waals surface area (Å²) in [6.45, 7) is 9.14. The van der Waals surface area contributed by atoms with E-state index in [4.69, 9.17) is 19.2 Å². The molecule has 0 saturated heterocycles. The van der Waals surface area contributed by atoms with Gasteiger partial charge in [-0.2, -0.15) is 0 Å². The fourth-order valence-electron chi connectivity index (χ4n) is 4.75. The number of likely N-dealkylation sites (N-methyl/N-ethyl adjacent to an activating group) is 1. The lowest BCUT2D eigenvalue weighted by Crippen LogP contribution is -2.31. The van der Waals surface area contributed by atoms with E-state index in [0.717, 1.165) is 48.6 Å². The fraction of sp³-hybridized carbons (Fsp3) is 0.393. The van der Waals surface area contributed by atoms with Gasteiger partial charge in [-0.25, -0.2) is 4.98 Å². The third kappa shape index (κ3) is 4.79. The Labute approximate surface area is 207 Å². The number of hydrogen-bond donors (Lipinski definition) is 1. The SMILES string of the molecule is CCN(CC)CCNCc1cc2c3ccccc3n(C)c2c(-c2cc(OC)c(OC)c(OC)c2)n1. The highest BCUT2D eigenvalue weighted by molar-refractivity contribution is 6.12. The highest BCUT2D eigenvalue weighted by atomic mass is 16.5. The second-order valence-corrected chi connectivity index (χ2v) is 8.55. The smallest absolute Gasteiger partial charge is 0.203 e. The zero-order valence-corrected chi connectivity index (χ0v) is 21.6. The molecule has 0 unspecified atom stereocenters. The molecule has 186 valence electrons. The van der Waals surface area contributed by atoms with E-state index in [1.54, 1.807) is 21.3 Å². The third-order valence-electron chi connectivity index (χ3n) is 6.68. The van der Waals surface area contributed by atoms with Crippen LogP contribution in [0.5, 0.6) is 17.2 Å². The van der Waals surface area contributed by atoms with Crippen molar-refractivity contribution >= 4 is 21.8 Å². The molecule has 0 atom stereocenters. The summed E-state index contributed by atoms with van der Waals surface area (Å²) in [6.07, 6.45) is 0. The summed E-state index contributed by atoms with van der Waals surface area (Å²) in [6, 6.07) is 14.6. The number of para-hydroxylation sites is 1. The summed E-state index contributed by atoms with van der Waals surface area (Å²) in [4.78, 5) is 7.55. The summed E-state index contributed by atoms with van der Waals surface area (Å²) in [5.41, 5.74) is 5.05. The Morgan fingerprint density at radius 2 is 1.60 bits per heavy atom. The maximum Gasteiger partial charge on any atom is 0.203 e. The standard InChI is InChI=1S/C28H36N4O3/c1-7-32(8-2)14-13-29-18-20-17-22-21-11-9-10-12-23(21)31(3)27(22)26(30-20)19-15-24(33-4)28(35-6)25(16-19)34-5/h9-12,15-17,29H,7-8,13-14,18H2,1-6H3.